The Morgan fingerprint density at radius 1 is 1.34 bits per heavy atom. The Kier molecular flexibility index (Phi) is 8.77. The zero-order chi connectivity index (χ0) is 23.0. The Morgan fingerprint density at radius 3 is 2.94 bits per heavy atom. The Bertz CT molecular complexity index is 884. The number of nitrogens with two attached hydrogens (primary N) is 1. The van der Waals surface area contributed by atoms with Crippen LogP contribution in [0.15, 0.2) is 18.6 Å². The molecular formula is C22H35N6O3S+. The largest absolute Gasteiger partial charge is 0.475 e. The van der Waals surface area contributed by atoms with Crippen LogP contribution in [0.1, 0.15) is 57.3 Å². The fraction of sp³-hybridized carbons (Fsp3) is 0.636. The molecule has 2 aromatic rings. The molecule has 176 valence electrons. The number of H-pyrrole nitrogens is 1. The number of ether oxygens (including phenoxy) is 2. The van der Waals surface area contributed by atoms with Crippen molar-refractivity contribution in [3.63, 3.8) is 0 Å². The maximum Gasteiger partial charge on any atom is 0.327 e. The molecule has 3 N–H and O–H groups in total. The van der Waals surface area contributed by atoms with Crippen LogP contribution in [0.5, 0.6) is 5.88 Å². The molecule has 32 heavy (non-hydrogen) atoms. The van der Waals surface area contributed by atoms with Crippen molar-refractivity contribution in [2.75, 3.05) is 26.7 Å². The van der Waals surface area contributed by atoms with Gasteiger partial charge in [0.15, 0.2) is 0 Å². The number of rotatable bonds is 12. The van der Waals surface area contributed by atoms with E-state index in [0.29, 0.717) is 29.9 Å². The fourth-order valence-corrected chi connectivity index (χ4v) is 4.35. The monoisotopic (exact) mass is 463 g/mol. The van der Waals surface area contributed by atoms with E-state index in [1.807, 2.05) is 6.92 Å². The molecule has 0 radical (unpaired) electrons. The number of unbranched alkanes of at least 4 members (excludes halogenated alkanes) is 3. The minimum Gasteiger partial charge on any atom is -0.475 e. The number of aromatic amines is 1. The van der Waals surface area contributed by atoms with Crippen LogP contribution in [0.4, 0.5) is 0 Å². The van der Waals surface area contributed by atoms with E-state index in [1.165, 1.54) is 24.6 Å². The lowest BCUT2D eigenvalue weighted by Crippen LogP contribution is -2.56. The van der Waals surface area contributed by atoms with Crippen LogP contribution in [0, 0.1) is 0 Å². The summed E-state index contributed by atoms with van der Waals surface area (Å²) in [5.41, 5.74) is 8.76. The molecule has 0 spiro atoms. The molecule has 2 aromatic heterocycles. The average molecular weight is 464 g/mol. The van der Waals surface area contributed by atoms with Crippen LogP contribution in [0.3, 0.4) is 0 Å². The van der Waals surface area contributed by atoms with E-state index in [9.17, 15) is 4.79 Å². The molecule has 0 amide bonds. The van der Waals surface area contributed by atoms with E-state index in [1.54, 1.807) is 12.5 Å². The second-order valence-corrected chi connectivity index (χ2v) is 9.16. The van der Waals surface area contributed by atoms with Crippen LogP contribution in [0.2, 0.25) is 0 Å². The molecule has 0 aromatic carbocycles. The Morgan fingerprint density at radius 2 is 2.19 bits per heavy atom. The number of nitrogens with one attached hydrogen (secondary N) is 1. The standard InChI is InChI=1S/C22H35N6O3S/c1-4-5-6-7-11-30-21-20(26-32-27-21)17-9-8-10-28(3,14-17)16(2)31-22(29)19(23)12-18-13-24-15-25-18/h9,13,15-16,19H,4-8,10-12,14,23H2,1-3H3,(H,24,25)/q+1/t16-,19+,28?/m1/s1. The normalized spacial score (nSPS) is 20.4. The zero-order valence-corrected chi connectivity index (χ0v) is 20.1. The highest BCUT2D eigenvalue weighted by Crippen LogP contribution is 2.31. The molecule has 0 saturated heterocycles. The number of quaternary nitrogens is 1. The van der Waals surface area contributed by atoms with Crippen molar-refractivity contribution in [1.82, 2.24) is 18.7 Å². The van der Waals surface area contributed by atoms with Gasteiger partial charge in [-0.1, -0.05) is 32.3 Å². The summed E-state index contributed by atoms with van der Waals surface area (Å²) in [7, 11) is 2.09. The maximum absolute atomic E-state index is 12.6. The number of imidazole rings is 1. The summed E-state index contributed by atoms with van der Waals surface area (Å²) in [5.74, 6) is 0.200. The maximum atomic E-state index is 12.6. The molecule has 9 nitrogen and oxygen atoms in total. The molecule has 0 bridgehead atoms. The molecule has 3 heterocycles. The van der Waals surface area contributed by atoms with Crippen molar-refractivity contribution in [3.8, 4) is 5.88 Å². The molecule has 0 fully saturated rings. The topological polar surface area (TPSA) is 116 Å². The van der Waals surface area contributed by atoms with Crippen molar-refractivity contribution in [2.45, 2.75) is 64.6 Å². The van der Waals surface area contributed by atoms with Crippen LogP contribution in [0.25, 0.3) is 5.57 Å². The van der Waals surface area contributed by atoms with E-state index in [-0.39, 0.29) is 6.23 Å². The third kappa shape index (κ3) is 6.36. The van der Waals surface area contributed by atoms with Gasteiger partial charge in [-0.3, -0.25) is 9.28 Å². The summed E-state index contributed by atoms with van der Waals surface area (Å²) >= 11 is 1.17. The second-order valence-electron chi connectivity index (χ2n) is 8.63. The Balaban J connectivity index is 1.57. The summed E-state index contributed by atoms with van der Waals surface area (Å²) < 4.78 is 21.1. The number of nitrogens with zero attached hydrogens (tertiary/aromatic N) is 4. The lowest BCUT2D eigenvalue weighted by atomic mass is 10.0. The highest BCUT2D eigenvalue weighted by atomic mass is 32.1. The van der Waals surface area contributed by atoms with Crippen LogP contribution in [-0.2, 0) is 16.0 Å². The van der Waals surface area contributed by atoms with Gasteiger partial charge in [-0.25, -0.2) is 4.98 Å². The summed E-state index contributed by atoms with van der Waals surface area (Å²) in [6.07, 6.45) is 10.9. The van der Waals surface area contributed by atoms with E-state index >= 15 is 0 Å². The van der Waals surface area contributed by atoms with Gasteiger partial charge in [0.2, 0.25) is 6.23 Å². The van der Waals surface area contributed by atoms with Gasteiger partial charge >= 0.3 is 5.97 Å². The van der Waals surface area contributed by atoms with Crippen LogP contribution in [-0.4, -0.2) is 68.2 Å². The van der Waals surface area contributed by atoms with Gasteiger partial charge in [-0.2, -0.15) is 4.37 Å². The van der Waals surface area contributed by atoms with Gasteiger partial charge in [0.05, 0.1) is 38.3 Å². The van der Waals surface area contributed by atoms with E-state index < -0.39 is 12.0 Å². The molecule has 0 aliphatic carbocycles. The predicted molar refractivity (Wildman–Crippen MR) is 124 cm³/mol. The smallest absolute Gasteiger partial charge is 0.327 e. The van der Waals surface area contributed by atoms with E-state index in [4.69, 9.17) is 15.2 Å². The molecule has 1 unspecified atom stereocenters. The lowest BCUT2D eigenvalue weighted by molar-refractivity contribution is -0.944. The number of carbonyl (C=O) groups excluding carboxylic acids is 1. The minimum atomic E-state index is -0.736. The zero-order valence-electron chi connectivity index (χ0n) is 19.2. The number of hydrogen-bond donors (Lipinski definition) is 2. The predicted octanol–water partition coefficient (Wildman–Crippen LogP) is 2.91. The number of likely N-dealkylation sites (N-methyl/N-ethyl adjacent to an activating group) is 1. The third-order valence-corrected chi connectivity index (χ3v) is 6.54. The van der Waals surface area contributed by atoms with Crippen LogP contribution >= 0.6 is 11.7 Å². The quantitative estimate of drug-likeness (QED) is 0.282. The van der Waals surface area contributed by atoms with Crippen LogP contribution < -0.4 is 10.5 Å². The molecule has 0 saturated carbocycles. The van der Waals surface area contributed by atoms with Gasteiger partial charge < -0.3 is 20.2 Å². The number of hydrogen-bond acceptors (Lipinski definition) is 8. The molecular weight excluding hydrogens is 428 g/mol. The van der Waals surface area contributed by atoms with Crippen molar-refractivity contribution in [1.29, 1.82) is 0 Å². The first-order chi connectivity index (χ1) is 15.4. The van der Waals surface area contributed by atoms with Gasteiger partial charge in [-0.15, -0.1) is 4.37 Å². The van der Waals surface area contributed by atoms with Crippen molar-refractivity contribution in [3.05, 3.63) is 30.0 Å². The summed E-state index contributed by atoms with van der Waals surface area (Å²) in [6, 6.07) is -0.736. The average Bonchev–Trinajstić information content (AvgIpc) is 3.45. The fourth-order valence-electron chi connectivity index (χ4n) is 3.82. The van der Waals surface area contributed by atoms with E-state index in [0.717, 1.165) is 42.8 Å². The summed E-state index contributed by atoms with van der Waals surface area (Å²) in [4.78, 5) is 19.5. The highest BCUT2D eigenvalue weighted by molar-refractivity contribution is 6.99. The third-order valence-electron chi connectivity index (χ3n) is 6.02. The van der Waals surface area contributed by atoms with Crippen molar-refractivity contribution >= 4 is 23.3 Å². The molecule has 1 aliphatic rings. The summed E-state index contributed by atoms with van der Waals surface area (Å²) in [6.45, 7) is 6.31. The highest BCUT2D eigenvalue weighted by Gasteiger charge is 2.37. The second kappa shape index (κ2) is 11.5. The van der Waals surface area contributed by atoms with Crippen molar-refractivity contribution in [2.24, 2.45) is 5.73 Å². The first kappa shape index (κ1) is 24.3. The van der Waals surface area contributed by atoms with Gasteiger partial charge in [0, 0.05) is 37.2 Å². The molecule has 10 heteroatoms. The van der Waals surface area contributed by atoms with E-state index in [2.05, 4.69) is 38.8 Å². The summed E-state index contributed by atoms with van der Waals surface area (Å²) in [5, 5.41) is 0. The SMILES string of the molecule is CCCCCCOc1nsnc1C1=CCC[N+](C)([C@@H](C)OC(=O)[C@@H](N)Cc2cnc[nH]2)C1. The molecule has 3 atom stereocenters. The number of aromatic nitrogens is 4. The van der Waals surface area contributed by atoms with Gasteiger partial charge in [0.25, 0.3) is 5.88 Å². The Labute approximate surface area is 193 Å². The first-order valence-electron chi connectivity index (χ1n) is 11.3. The number of carbonyl (C=O) groups is 1. The minimum absolute atomic E-state index is 0.343. The van der Waals surface area contributed by atoms with Crippen molar-refractivity contribution < 1.29 is 18.8 Å². The first-order valence-corrected chi connectivity index (χ1v) is 12.1. The molecule has 1 aliphatic heterocycles. The molecule has 3 rings (SSSR count). The van der Waals surface area contributed by atoms with Gasteiger partial charge in [0.1, 0.15) is 18.3 Å². The Hall–Kier alpha value is -2.30. The lowest BCUT2D eigenvalue weighted by Gasteiger charge is -2.41. The van der Waals surface area contributed by atoms with Gasteiger partial charge in [-0.05, 0) is 6.42 Å². The number of esters is 1.